The number of benzene rings is 2. The second-order valence-corrected chi connectivity index (χ2v) is 6.57. The predicted octanol–water partition coefficient (Wildman–Crippen LogP) is 4.30. The zero-order valence-electron chi connectivity index (χ0n) is 16.4. The molecule has 13 heteroatoms. The van der Waals surface area contributed by atoms with Gasteiger partial charge >= 0.3 is 12.4 Å². The standard InChI is InChI=1S/C20H13F6N7/c21-19(22,23)14-6-13(7-15(8-14)20(24,25)26)17(28)29-11-30-18-16(9-27)31-32-33(18)10-12-4-2-1-3-5-12/h1-8,11H,10H2,(H2,28,29,30). The summed E-state index contributed by atoms with van der Waals surface area (Å²) in [7, 11) is 0. The van der Waals surface area contributed by atoms with Crippen molar-refractivity contribution < 1.29 is 26.3 Å². The third-order valence-corrected chi connectivity index (χ3v) is 4.25. The van der Waals surface area contributed by atoms with E-state index in [0.717, 1.165) is 11.9 Å². The Hall–Kier alpha value is -4.21. The highest BCUT2D eigenvalue weighted by atomic mass is 19.4. The third-order valence-electron chi connectivity index (χ3n) is 4.25. The SMILES string of the molecule is N#Cc1nnn(Cc2ccccc2)c1/N=C/N=C(N)c1cc(C(F)(F)F)cc(C(F)(F)F)c1. The number of nitrogens with zero attached hydrogens (tertiary/aromatic N) is 6. The van der Waals surface area contributed by atoms with Gasteiger partial charge in [-0.25, -0.2) is 14.7 Å². The minimum absolute atomic E-state index is 0.0158. The zero-order valence-corrected chi connectivity index (χ0v) is 16.4. The molecule has 0 bridgehead atoms. The topological polar surface area (TPSA) is 105 Å². The Balaban J connectivity index is 1.94. The van der Waals surface area contributed by atoms with E-state index in [4.69, 9.17) is 5.73 Å². The number of nitrogens with two attached hydrogens (primary N) is 1. The molecule has 3 aromatic rings. The number of hydrogen-bond acceptors (Lipinski definition) is 4. The van der Waals surface area contributed by atoms with Crippen molar-refractivity contribution in [2.75, 3.05) is 0 Å². The first-order chi connectivity index (χ1) is 15.5. The monoisotopic (exact) mass is 465 g/mol. The first kappa shape index (κ1) is 23.5. The van der Waals surface area contributed by atoms with Crippen LogP contribution < -0.4 is 5.73 Å². The van der Waals surface area contributed by atoms with Crippen molar-refractivity contribution in [3.05, 3.63) is 76.5 Å². The van der Waals surface area contributed by atoms with Crippen molar-refractivity contribution in [2.24, 2.45) is 15.7 Å². The molecule has 0 atom stereocenters. The van der Waals surface area contributed by atoms with Crippen LogP contribution in [-0.4, -0.2) is 27.2 Å². The van der Waals surface area contributed by atoms with Gasteiger partial charge in [0.1, 0.15) is 18.2 Å². The molecule has 0 spiro atoms. The van der Waals surface area contributed by atoms with Crippen molar-refractivity contribution in [3.63, 3.8) is 0 Å². The fraction of sp³-hybridized carbons (Fsp3) is 0.150. The number of alkyl halides is 6. The number of hydrogen-bond donors (Lipinski definition) is 1. The lowest BCUT2D eigenvalue weighted by atomic mass is 10.0. The second-order valence-electron chi connectivity index (χ2n) is 6.57. The van der Waals surface area contributed by atoms with E-state index in [9.17, 15) is 31.6 Å². The van der Waals surface area contributed by atoms with Gasteiger partial charge in [-0.15, -0.1) is 5.10 Å². The van der Waals surface area contributed by atoms with E-state index in [-0.39, 0.29) is 24.1 Å². The Kier molecular flexibility index (Phi) is 6.47. The lowest BCUT2D eigenvalue weighted by Crippen LogP contribution is -2.18. The normalized spacial score (nSPS) is 12.8. The molecular weight excluding hydrogens is 452 g/mol. The van der Waals surface area contributed by atoms with Gasteiger partial charge in [-0.3, -0.25) is 0 Å². The molecule has 2 aromatic carbocycles. The number of aliphatic imine (C=N–C) groups is 2. The maximum absolute atomic E-state index is 13.0. The van der Waals surface area contributed by atoms with Gasteiger partial charge in [0.2, 0.25) is 5.69 Å². The molecule has 2 N–H and O–H groups in total. The molecule has 0 aliphatic heterocycles. The highest BCUT2D eigenvalue weighted by Gasteiger charge is 2.37. The van der Waals surface area contributed by atoms with Gasteiger partial charge in [0.05, 0.1) is 17.7 Å². The van der Waals surface area contributed by atoms with Crippen LogP contribution in [0.25, 0.3) is 0 Å². The van der Waals surface area contributed by atoms with Gasteiger partial charge in [-0.1, -0.05) is 35.5 Å². The summed E-state index contributed by atoms with van der Waals surface area (Å²) < 4.78 is 79.4. The van der Waals surface area contributed by atoms with Crippen LogP contribution in [0.2, 0.25) is 0 Å². The molecule has 0 aliphatic carbocycles. The first-order valence-electron chi connectivity index (χ1n) is 9.02. The fourth-order valence-electron chi connectivity index (χ4n) is 2.69. The molecule has 1 aromatic heterocycles. The lowest BCUT2D eigenvalue weighted by molar-refractivity contribution is -0.143. The quantitative estimate of drug-likeness (QED) is 0.345. The Labute approximate surface area is 182 Å². The predicted molar refractivity (Wildman–Crippen MR) is 106 cm³/mol. The van der Waals surface area contributed by atoms with Crippen LogP contribution in [0.15, 0.2) is 58.5 Å². The van der Waals surface area contributed by atoms with Gasteiger partial charge in [0.25, 0.3) is 0 Å². The van der Waals surface area contributed by atoms with Crippen LogP contribution in [-0.2, 0) is 18.9 Å². The summed E-state index contributed by atoms with van der Waals surface area (Å²) in [6, 6.07) is 11.6. The molecule has 3 rings (SSSR count). The van der Waals surface area contributed by atoms with Crippen LogP contribution in [0.5, 0.6) is 0 Å². The molecule has 170 valence electrons. The summed E-state index contributed by atoms with van der Waals surface area (Å²) in [5, 5.41) is 16.7. The van der Waals surface area contributed by atoms with Crippen molar-refractivity contribution in [3.8, 4) is 6.07 Å². The van der Waals surface area contributed by atoms with E-state index < -0.39 is 34.9 Å². The summed E-state index contributed by atoms with van der Waals surface area (Å²) in [4.78, 5) is 7.55. The van der Waals surface area contributed by atoms with Crippen LogP contribution >= 0.6 is 0 Å². The Bertz CT molecular complexity index is 1200. The van der Waals surface area contributed by atoms with Crippen molar-refractivity contribution in [1.29, 1.82) is 5.26 Å². The molecule has 7 nitrogen and oxygen atoms in total. The second kappa shape index (κ2) is 9.11. The number of halogens is 6. The van der Waals surface area contributed by atoms with Gasteiger partial charge in [-0.05, 0) is 23.8 Å². The van der Waals surface area contributed by atoms with E-state index in [1.54, 1.807) is 36.4 Å². The van der Waals surface area contributed by atoms with Crippen LogP contribution in [0.3, 0.4) is 0 Å². The minimum atomic E-state index is -5.03. The molecular formula is C20H13F6N7. The van der Waals surface area contributed by atoms with Crippen LogP contribution in [0.4, 0.5) is 32.2 Å². The molecule has 33 heavy (non-hydrogen) atoms. The average molecular weight is 465 g/mol. The lowest BCUT2D eigenvalue weighted by Gasteiger charge is -2.13. The Morgan fingerprint density at radius 1 is 1.03 bits per heavy atom. The maximum Gasteiger partial charge on any atom is 0.416 e. The molecule has 0 unspecified atom stereocenters. The third kappa shape index (κ3) is 5.73. The summed E-state index contributed by atoms with van der Waals surface area (Å²) in [5.41, 5.74) is 2.61. The molecule has 0 fully saturated rings. The van der Waals surface area contributed by atoms with E-state index in [1.165, 1.54) is 4.68 Å². The smallest absolute Gasteiger partial charge is 0.383 e. The van der Waals surface area contributed by atoms with Gasteiger partial charge in [0, 0.05) is 5.56 Å². The average Bonchev–Trinajstić information content (AvgIpc) is 3.14. The number of nitriles is 1. The Morgan fingerprint density at radius 3 is 2.18 bits per heavy atom. The molecule has 0 saturated carbocycles. The maximum atomic E-state index is 13.0. The minimum Gasteiger partial charge on any atom is -0.383 e. The fourth-order valence-corrected chi connectivity index (χ4v) is 2.69. The summed E-state index contributed by atoms with van der Waals surface area (Å²) in [6.07, 6.45) is -9.26. The molecule has 1 heterocycles. The summed E-state index contributed by atoms with van der Waals surface area (Å²) >= 11 is 0. The molecule has 0 amide bonds. The number of amidine groups is 1. The van der Waals surface area contributed by atoms with E-state index in [1.807, 2.05) is 0 Å². The van der Waals surface area contributed by atoms with Gasteiger partial charge in [0.15, 0.2) is 5.82 Å². The molecule has 0 aliphatic rings. The zero-order chi connectivity index (χ0) is 24.2. The van der Waals surface area contributed by atoms with Crippen molar-refractivity contribution >= 4 is 18.0 Å². The van der Waals surface area contributed by atoms with Gasteiger partial charge < -0.3 is 5.73 Å². The van der Waals surface area contributed by atoms with E-state index in [2.05, 4.69) is 20.3 Å². The Morgan fingerprint density at radius 2 is 1.64 bits per heavy atom. The van der Waals surface area contributed by atoms with Crippen molar-refractivity contribution in [1.82, 2.24) is 15.0 Å². The number of aromatic nitrogens is 3. The highest BCUT2D eigenvalue weighted by molar-refractivity contribution is 6.01. The summed E-state index contributed by atoms with van der Waals surface area (Å²) in [6.45, 7) is 0.198. The molecule has 0 saturated heterocycles. The van der Waals surface area contributed by atoms with Gasteiger partial charge in [-0.2, -0.15) is 31.6 Å². The van der Waals surface area contributed by atoms with Crippen molar-refractivity contribution in [2.45, 2.75) is 18.9 Å². The largest absolute Gasteiger partial charge is 0.416 e. The van der Waals surface area contributed by atoms with Crippen LogP contribution in [0, 0.1) is 11.3 Å². The van der Waals surface area contributed by atoms with E-state index in [0.29, 0.717) is 12.1 Å². The summed E-state index contributed by atoms with van der Waals surface area (Å²) in [5.74, 6) is -0.658. The van der Waals surface area contributed by atoms with E-state index >= 15 is 0 Å². The van der Waals surface area contributed by atoms with Crippen LogP contribution in [0.1, 0.15) is 27.9 Å². The highest BCUT2D eigenvalue weighted by Crippen LogP contribution is 2.36. The number of rotatable bonds is 5. The first-order valence-corrected chi connectivity index (χ1v) is 9.02. The molecule has 0 radical (unpaired) electrons.